The van der Waals surface area contributed by atoms with Gasteiger partial charge in [0.05, 0.1) is 18.5 Å². The summed E-state index contributed by atoms with van der Waals surface area (Å²) in [7, 11) is 1.73. The van der Waals surface area contributed by atoms with Crippen LogP contribution in [0.1, 0.15) is 30.3 Å². The standard InChI is InChI=1S/C24H31N5O2/c1-3-12-28(21-11-13-27(18-21)14-15-31-2)24(30)23-10-9-22(26-23)19-16-25-29(17-19)20-7-5-4-6-8-20/h4-10,16-17,21,26H,3,11-15,18H2,1-2H3/t21-/m1/s1. The first-order valence-corrected chi connectivity index (χ1v) is 11.0. The molecule has 0 unspecified atom stereocenters. The lowest BCUT2D eigenvalue weighted by molar-refractivity contribution is 0.0673. The third kappa shape index (κ3) is 4.89. The fourth-order valence-electron chi connectivity index (χ4n) is 4.21. The number of amides is 1. The predicted molar refractivity (Wildman–Crippen MR) is 121 cm³/mol. The van der Waals surface area contributed by atoms with Crippen LogP contribution < -0.4 is 0 Å². The van der Waals surface area contributed by atoms with Crippen LogP contribution in [0, 0.1) is 0 Å². The molecular formula is C24H31N5O2. The van der Waals surface area contributed by atoms with Crippen molar-refractivity contribution in [1.29, 1.82) is 0 Å². The summed E-state index contributed by atoms with van der Waals surface area (Å²) in [5.74, 6) is 0.0714. The van der Waals surface area contributed by atoms with Gasteiger partial charge in [-0.2, -0.15) is 5.10 Å². The Balaban J connectivity index is 1.47. The summed E-state index contributed by atoms with van der Waals surface area (Å²) in [5, 5.41) is 4.46. The number of aromatic amines is 1. The zero-order valence-corrected chi connectivity index (χ0v) is 18.3. The molecule has 164 valence electrons. The minimum Gasteiger partial charge on any atom is -0.383 e. The van der Waals surface area contributed by atoms with E-state index in [2.05, 4.69) is 21.9 Å². The second kappa shape index (κ2) is 9.94. The van der Waals surface area contributed by atoms with E-state index in [1.54, 1.807) is 7.11 Å². The maximum atomic E-state index is 13.3. The van der Waals surface area contributed by atoms with Crippen LogP contribution in [0.2, 0.25) is 0 Å². The van der Waals surface area contributed by atoms with Gasteiger partial charge in [-0.05, 0) is 37.1 Å². The lowest BCUT2D eigenvalue weighted by Gasteiger charge is -2.28. The zero-order chi connectivity index (χ0) is 21.6. The van der Waals surface area contributed by atoms with Crippen LogP contribution >= 0.6 is 0 Å². The first kappa shape index (κ1) is 21.3. The van der Waals surface area contributed by atoms with Crippen LogP contribution in [-0.2, 0) is 4.74 Å². The lowest BCUT2D eigenvalue weighted by Crippen LogP contribution is -2.43. The number of benzene rings is 1. The number of nitrogens with zero attached hydrogens (tertiary/aromatic N) is 4. The van der Waals surface area contributed by atoms with E-state index in [9.17, 15) is 4.79 Å². The molecule has 1 N–H and O–H groups in total. The molecule has 1 saturated heterocycles. The Bertz CT molecular complexity index is 981. The molecule has 1 aromatic carbocycles. The number of H-pyrrole nitrogens is 1. The molecule has 0 bridgehead atoms. The van der Waals surface area contributed by atoms with Gasteiger partial charge >= 0.3 is 0 Å². The van der Waals surface area contributed by atoms with E-state index in [4.69, 9.17) is 4.74 Å². The smallest absolute Gasteiger partial charge is 0.270 e. The third-order valence-electron chi connectivity index (χ3n) is 5.86. The highest BCUT2D eigenvalue weighted by atomic mass is 16.5. The summed E-state index contributed by atoms with van der Waals surface area (Å²) < 4.78 is 7.05. The van der Waals surface area contributed by atoms with Gasteiger partial charge in [-0.3, -0.25) is 9.69 Å². The van der Waals surface area contributed by atoms with Gasteiger partial charge in [0, 0.05) is 56.8 Å². The van der Waals surface area contributed by atoms with E-state index >= 15 is 0 Å². The minimum atomic E-state index is 0.0714. The Labute approximate surface area is 183 Å². The van der Waals surface area contributed by atoms with Crippen molar-refractivity contribution in [2.24, 2.45) is 0 Å². The molecule has 1 amide bonds. The van der Waals surface area contributed by atoms with Gasteiger partial charge in [-0.25, -0.2) is 4.68 Å². The van der Waals surface area contributed by atoms with Gasteiger partial charge in [-0.1, -0.05) is 25.1 Å². The maximum Gasteiger partial charge on any atom is 0.270 e. The number of hydrogen-bond acceptors (Lipinski definition) is 4. The fraction of sp³-hybridized carbons (Fsp3) is 0.417. The van der Waals surface area contributed by atoms with Crippen molar-refractivity contribution in [2.45, 2.75) is 25.8 Å². The number of para-hydroxylation sites is 1. The highest BCUT2D eigenvalue weighted by molar-refractivity contribution is 5.93. The third-order valence-corrected chi connectivity index (χ3v) is 5.86. The molecule has 4 rings (SSSR count). The molecule has 1 aliphatic heterocycles. The molecule has 3 aromatic rings. The normalized spacial score (nSPS) is 16.6. The molecule has 0 aliphatic carbocycles. The molecule has 1 atom stereocenters. The van der Waals surface area contributed by atoms with Gasteiger partial charge in [-0.15, -0.1) is 0 Å². The number of rotatable bonds is 9. The summed E-state index contributed by atoms with van der Waals surface area (Å²) >= 11 is 0. The molecule has 7 nitrogen and oxygen atoms in total. The fourth-order valence-corrected chi connectivity index (χ4v) is 4.21. The molecule has 31 heavy (non-hydrogen) atoms. The molecule has 0 spiro atoms. The molecule has 0 radical (unpaired) electrons. The van der Waals surface area contributed by atoms with E-state index < -0.39 is 0 Å². The van der Waals surface area contributed by atoms with Crippen LogP contribution in [-0.4, -0.2) is 76.4 Å². The number of likely N-dealkylation sites (tertiary alicyclic amines) is 1. The topological polar surface area (TPSA) is 66.4 Å². The van der Waals surface area contributed by atoms with E-state index in [1.807, 2.05) is 64.4 Å². The molecule has 1 fully saturated rings. The average molecular weight is 422 g/mol. The average Bonchev–Trinajstić information content (AvgIpc) is 3.56. The number of hydrogen-bond donors (Lipinski definition) is 1. The predicted octanol–water partition coefficient (Wildman–Crippen LogP) is 3.44. The quantitative estimate of drug-likeness (QED) is 0.575. The number of methoxy groups -OCH3 is 1. The molecule has 7 heteroatoms. The van der Waals surface area contributed by atoms with Crippen molar-refractivity contribution in [3.05, 3.63) is 60.6 Å². The van der Waals surface area contributed by atoms with Crippen molar-refractivity contribution >= 4 is 5.91 Å². The zero-order valence-electron chi connectivity index (χ0n) is 18.3. The van der Waals surface area contributed by atoms with Gasteiger partial charge in [0.1, 0.15) is 5.69 Å². The molecular weight excluding hydrogens is 390 g/mol. The second-order valence-electron chi connectivity index (χ2n) is 8.03. The summed E-state index contributed by atoms with van der Waals surface area (Å²) in [4.78, 5) is 21.1. The first-order valence-electron chi connectivity index (χ1n) is 11.0. The van der Waals surface area contributed by atoms with Crippen molar-refractivity contribution in [3.8, 4) is 16.9 Å². The van der Waals surface area contributed by atoms with Crippen molar-refractivity contribution in [3.63, 3.8) is 0 Å². The van der Waals surface area contributed by atoms with E-state index in [0.29, 0.717) is 5.69 Å². The van der Waals surface area contributed by atoms with Gasteiger partial charge < -0.3 is 14.6 Å². The van der Waals surface area contributed by atoms with Crippen LogP contribution in [0.3, 0.4) is 0 Å². The summed E-state index contributed by atoms with van der Waals surface area (Å²) in [6.07, 6.45) is 5.75. The van der Waals surface area contributed by atoms with Crippen molar-refractivity contribution < 1.29 is 9.53 Å². The largest absolute Gasteiger partial charge is 0.383 e. The van der Waals surface area contributed by atoms with E-state index in [1.165, 1.54) is 0 Å². The van der Waals surface area contributed by atoms with Crippen molar-refractivity contribution in [2.75, 3.05) is 39.9 Å². The van der Waals surface area contributed by atoms with Gasteiger partial charge in [0.2, 0.25) is 0 Å². The van der Waals surface area contributed by atoms with Crippen LogP contribution in [0.15, 0.2) is 54.9 Å². The summed E-state index contributed by atoms with van der Waals surface area (Å²) in [5.41, 5.74) is 3.49. The Morgan fingerprint density at radius 2 is 2.10 bits per heavy atom. The number of carbonyl (C=O) groups excluding carboxylic acids is 1. The number of carbonyl (C=O) groups is 1. The second-order valence-corrected chi connectivity index (χ2v) is 8.03. The molecule has 3 heterocycles. The van der Waals surface area contributed by atoms with E-state index in [0.717, 1.165) is 62.6 Å². The molecule has 2 aromatic heterocycles. The number of nitrogens with one attached hydrogen (secondary N) is 1. The Morgan fingerprint density at radius 3 is 2.87 bits per heavy atom. The monoisotopic (exact) mass is 421 g/mol. The van der Waals surface area contributed by atoms with Crippen LogP contribution in [0.4, 0.5) is 0 Å². The van der Waals surface area contributed by atoms with Gasteiger partial charge in [0.25, 0.3) is 5.91 Å². The highest BCUT2D eigenvalue weighted by Crippen LogP contribution is 2.22. The Morgan fingerprint density at radius 1 is 1.26 bits per heavy atom. The number of aromatic nitrogens is 3. The first-order chi connectivity index (χ1) is 15.2. The van der Waals surface area contributed by atoms with E-state index in [-0.39, 0.29) is 11.9 Å². The maximum absolute atomic E-state index is 13.3. The Kier molecular flexibility index (Phi) is 6.84. The van der Waals surface area contributed by atoms with Gasteiger partial charge in [0.15, 0.2) is 0 Å². The number of ether oxygens (including phenoxy) is 1. The molecule has 0 saturated carbocycles. The lowest BCUT2D eigenvalue weighted by atomic mass is 10.2. The SMILES string of the molecule is CCCN(C(=O)c1ccc(-c2cnn(-c3ccccc3)c2)[nH]1)[C@@H]1CCN(CCOC)C1. The summed E-state index contributed by atoms with van der Waals surface area (Å²) in [6, 6.07) is 14.1. The van der Waals surface area contributed by atoms with Crippen LogP contribution in [0.25, 0.3) is 16.9 Å². The Hall–Kier alpha value is -2.90. The minimum absolute atomic E-state index is 0.0714. The van der Waals surface area contributed by atoms with Crippen LogP contribution in [0.5, 0.6) is 0 Å². The summed E-state index contributed by atoms with van der Waals surface area (Å²) in [6.45, 7) is 6.45. The highest BCUT2D eigenvalue weighted by Gasteiger charge is 2.31. The van der Waals surface area contributed by atoms with Crippen molar-refractivity contribution in [1.82, 2.24) is 24.6 Å². The molecule has 1 aliphatic rings.